The van der Waals surface area contributed by atoms with Gasteiger partial charge >= 0.3 is 0 Å². The molecule has 1 aliphatic carbocycles. The quantitative estimate of drug-likeness (QED) is 0.250. The Labute approximate surface area is 231 Å². The van der Waals surface area contributed by atoms with Crippen LogP contribution in [-0.4, -0.2) is 0 Å². The lowest BCUT2D eigenvalue weighted by Crippen LogP contribution is -2.32. The van der Waals surface area contributed by atoms with Crippen LogP contribution in [0, 0.1) is 0 Å². The van der Waals surface area contributed by atoms with E-state index < -0.39 is 5.41 Å². The number of hydrogen-bond acceptors (Lipinski definition) is 3. The average molecular weight is 514 g/mol. The Morgan fingerprint density at radius 3 is 1.88 bits per heavy atom. The molecule has 3 nitrogen and oxygen atoms in total. The second-order valence-corrected chi connectivity index (χ2v) is 10.6. The van der Waals surface area contributed by atoms with Gasteiger partial charge in [-0.25, -0.2) is 0 Å². The average Bonchev–Trinajstić information content (AvgIpc) is 3.52. The van der Waals surface area contributed by atoms with Crippen molar-refractivity contribution in [2.45, 2.75) is 5.41 Å². The van der Waals surface area contributed by atoms with E-state index in [4.69, 9.17) is 9.15 Å². The Hall–Kier alpha value is -5.28. The van der Waals surface area contributed by atoms with E-state index in [1.807, 2.05) is 18.2 Å². The molecule has 0 unspecified atom stereocenters. The van der Waals surface area contributed by atoms with Crippen molar-refractivity contribution in [1.82, 2.24) is 0 Å². The molecule has 0 saturated carbocycles. The lowest BCUT2D eigenvalue weighted by molar-refractivity contribution is 0.436. The fourth-order valence-electron chi connectivity index (χ4n) is 6.90. The number of benzene rings is 6. The summed E-state index contributed by atoms with van der Waals surface area (Å²) in [6.45, 7) is 0. The summed E-state index contributed by atoms with van der Waals surface area (Å²) in [6.07, 6.45) is 0. The van der Waals surface area contributed by atoms with Gasteiger partial charge in [0, 0.05) is 33.3 Å². The van der Waals surface area contributed by atoms with Gasteiger partial charge < -0.3 is 14.5 Å². The Morgan fingerprint density at radius 1 is 0.450 bits per heavy atom. The van der Waals surface area contributed by atoms with Gasteiger partial charge in [-0.3, -0.25) is 0 Å². The first-order valence-electron chi connectivity index (χ1n) is 13.6. The molecule has 0 atom stereocenters. The van der Waals surface area contributed by atoms with Gasteiger partial charge in [0.2, 0.25) is 0 Å². The molecule has 1 N–H and O–H groups in total. The summed E-state index contributed by atoms with van der Waals surface area (Å²) in [4.78, 5) is 0. The molecule has 1 spiro atoms. The zero-order chi connectivity index (χ0) is 26.3. The molecular formula is C37H23NO2. The van der Waals surface area contributed by atoms with Gasteiger partial charge in [0.25, 0.3) is 0 Å². The predicted octanol–water partition coefficient (Wildman–Crippen LogP) is 9.80. The topological polar surface area (TPSA) is 34.4 Å². The van der Waals surface area contributed by atoms with Crippen LogP contribution in [0.4, 0.5) is 11.4 Å². The number of ether oxygens (including phenoxy) is 1. The maximum atomic E-state index is 6.55. The molecule has 7 aromatic rings. The van der Waals surface area contributed by atoms with Crippen LogP contribution in [0.2, 0.25) is 0 Å². The highest BCUT2D eigenvalue weighted by atomic mass is 16.5. The van der Waals surface area contributed by atoms with Crippen molar-refractivity contribution < 1.29 is 9.15 Å². The van der Waals surface area contributed by atoms with Gasteiger partial charge in [-0.2, -0.15) is 0 Å². The normalized spacial score (nSPS) is 13.9. The largest absolute Gasteiger partial charge is 0.457 e. The molecule has 40 heavy (non-hydrogen) atoms. The molecule has 0 amide bonds. The van der Waals surface area contributed by atoms with Crippen molar-refractivity contribution in [3.05, 3.63) is 156 Å². The fourth-order valence-corrected chi connectivity index (χ4v) is 6.90. The number of para-hydroxylation sites is 2. The first kappa shape index (κ1) is 21.6. The molecule has 9 rings (SSSR count). The van der Waals surface area contributed by atoms with E-state index in [1.54, 1.807) is 0 Å². The summed E-state index contributed by atoms with van der Waals surface area (Å²) in [5.74, 6) is 1.78. The molecule has 0 radical (unpaired) electrons. The van der Waals surface area contributed by atoms with Crippen molar-refractivity contribution in [3.63, 3.8) is 0 Å². The van der Waals surface area contributed by atoms with Crippen LogP contribution in [0.15, 0.2) is 138 Å². The number of nitrogens with one attached hydrogen (secondary N) is 1. The van der Waals surface area contributed by atoms with Crippen LogP contribution < -0.4 is 10.1 Å². The zero-order valence-electron chi connectivity index (χ0n) is 21.5. The number of fused-ring (bicyclic) bond motifs is 12. The van der Waals surface area contributed by atoms with E-state index in [2.05, 4.69) is 121 Å². The van der Waals surface area contributed by atoms with Crippen LogP contribution >= 0.6 is 0 Å². The summed E-state index contributed by atoms with van der Waals surface area (Å²) < 4.78 is 12.6. The molecule has 0 bridgehead atoms. The van der Waals surface area contributed by atoms with Gasteiger partial charge in [-0.05, 0) is 70.8 Å². The van der Waals surface area contributed by atoms with Crippen LogP contribution in [-0.2, 0) is 5.41 Å². The highest BCUT2D eigenvalue weighted by molar-refractivity contribution is 6.06. The molecule has 3 heteroatoms. The standard InChI is InChI=1S/C37H23NO2/c1-4-12-29-25(9-1)26-10-2-5-13-30(26)37(29)31-14-6-8-16-35(31)40-36-20-18-24(22-32(36)37)38-23-17-19-34-28(21-23)27-11-3-7-15-33(27)39-34/h1-22,38H. The third kappa shape index (κ3) is 2.79. The molecule has 1 aromatic heterocycles. The lowest BCUT2D eigenvalue weighted by Gasteiger charge is -2.39. The number of furan rings is 1. The van der Waals surface area contributed by atoms with Crippen LogP contribution in [0.5, 0.6) is 11.5 Å². The minimum atomic E-state index is -0.472. The Morgan fingerprint density at radius 2 is 1.05 bits per heavy atom. The smallest absolute Gasteiger partial charge is 0.135 e. The zero-order valence-corrected chi connectivity index (χ0v) is 21.5. The third-order valence-corrected chi connectivity index (χ3v) is 8.51. The second-order valence-electron chi connectivity index (χ2n) is 10.6. The number of anilines is 2. The molecule has 6 aromatic carbocycles. The van der Waals surface area contributed by atoms with E-state index in [0.717, 1.165) is 50.4 Å². The minimum Gasteiger partial charge on any atom is -0.457 e. The van der Waals surface area contributed by atoms with Crippen molar-refractivity contribution in [2.75, 3.05) is 5.32 Å². The summed E-state index contributed by atoms with van der Waals surface area (Å²) in [6, 6.07) is 47.0. The van der Waals surface area contributed by atoms with Crippen LogP contribution in [0.1, 0.15) is 22.3 Å². The molecule has 188 valence electrons. The Balaban J connectivity index is 1.26. The monoisotopic (exact) mass is 513 g/mol. The summed E-state index contributed by atoms with van der Waals surface area (Å²) in [5.41, 5.74) is 10.8. The van der Waals surface area contributed by atoms with Gasteiger partial charge in [0.1, 0.15) is 22.7 Å². The maximum absolute atomic E-state index is 6.55. The minimum absolute atomic E-state index is 0.472. The predicted molar refractivity (Wildman–Crippen MR) is 161 cm³/mol. The van der Waals surface area contributed by atoms with Crippen molar-refractivity contribution in [1.29, 1.82) is 0 Å². The molecule has 2 heterocycles. The first-order valence-corrected chi connectivity index (χ1v) is 13.6. The highest BCUT2D eigenvalue weighted by Gasteiger charge is 2.50. The van der Waals surface area contributed by atoms with Crippen LogP contribution in [0.3, 0.4) is 0 Å². The van der Waals surface area contributed by atoms with E-state index in [0.29, 0.717) is 0 Å². The number of rotatable bonds is 2. The van der Waals surface area contributed by atoms with E-state index in [-0.39, 0.29) is 0 Å². The van der Waals surface area contributed by atoms with E-state index >= 15 is 0 Å². The maximum Gasteiger partial charge on any atom is 0.135 e. The summed E-state index contributed by atoms with van der Waals surface area (Å²) in [5, 5.41) is 5.90. The lowest BCUT2D eigenvalue weighted by atomic mass is 9.66. The molecule has 1 aliphatic heterocycles. The van der Waals surface area contributed by atoms with E-state index in [1.165, 1.54) is 27.8 Å². The first-order chi connectivity index (χ1) is 19.8. The van der Waals surface area contributed by atoms with Crippen LogP contribution in [0.25, 0.3) is 33.1 Å². The van der Waals surface area contributed by atoms with Crippen molar-refractivity contribution >= 4 is 33.3 Å². The van der Waals surface area contributed by atoms with Crippen molar-refractivity contribution in [2.24, 2.45) is 0 Å². The summed E-state index contributed by atoms with van der Waals surface area (Å²) >= 11 is 0. The molecule has 0 fully saturated rings. The fraction of sp³-hybridized carbons (Fsp3) is 0.0270. The second kappa shape index (κ2) is 7.87. The van der Waals surface area contributed by atoms with Gasteiger partial charge in [0.05, 0.1) is 5.41 Å². The SMILES string of the molecule is c1ccc2c(c1)Oc1ccc(Nc3ccc4oc5ccccc5c4c3)cc1C21c2ccccc2-c2ccccc21. The third-order valence-electron chi connectivity index (χ3n) is 8.51. The van der Waals surface area contributed by atoms with Gasteiger partial charge in [-0.1, -0.05) is 84.9 Å². The van der Waals surface area contributed by atoms with Gasteiger partial charge in [0.15, 0.2) is 0 Å². The summed E-state index contributed by atoms with van der Waals surface area (Å²) in [7, 11) is 0. The highest BCUT2D eigenvalue weighted by Crippen LogP contribution is 2.62. The van der Waals surface area contributed by atoms with Gasteiger partial charge in [-0.15, -0.1) is 0 Å². The van der Waals surface area contributed by atoms with Crippen molar-refractivity contribution in [3.8, 4) is 22.6 Å². The Bertz CT molecular complexity index is 2090. The van der Waals surface area contributed by atoms with E-state index in [9.17, 15) is 0 Å². The molecule has 0 saturated heterocycles. The molecule has 2 aliphatic rings. The Kier molecular flexibility index (Phi) is 4.26. The number of hydrogen-bond donors (Lipinski definition) is 1. The molecular weight excluding hydrogens is 490 g/mol.